The van der Waals surface area contributed by atoms with Gasteiger partial charge in [0, 0.05) is 7.05 Å². The smallest absolute Gasteiger partial charge is 0.0809 e. The van der Waals surface area contributed by atoms with E-state index in [-0.39, 0.29) is 0 Å². The lowest BCUT2D eigenvalue weighted by Gasteiger charge is -1.90. The van der Waals surface area contributed by atoms with E-state index in [9.17, 15) is 0 Å². The van der Waals surface area contributed by atoms with Crippen LogP contribution in [0.4, 0.5) is 0 Å². The van der Waals surface area contributed by atoms with Gasteiger partial charge in [-0.1, -0.05) is 18.1 Å². The Bertz CT molecular complexity index is 180. The Balaban J connectivity index is 2.42. The second-order valence-electron chi connectivity index (χ2n) is 2.91. The van der Waals surface area contributed by atoms with Crippen molar-refractivity contribution in [3.05, 3.63) is 11.1 Å². The zero-order valence-corrected chi connectivity index (χ0v) is 6.89. The summed E-state index contributed by atoms with van der Waals surface area (Å²) in [6.07, 6.45) is 1.28. The summed E-state index contributed by atoms with van der Waals surface area (Å²) in [5.74, 6) is 0.826. The maximum absolute atomic E-state index is 3.93. The summed E-state index contributed by atoms with van der Waals surface area (Å²) in [5.41, 5.74) is 3.01. The molecular formula is C8H14N2. The highest BCUT2D eigenvalue weighted by Gasteiger charge is 2.25. The quantitative estimate of drug-likeness (QED) is 0.413. The maximum atomic E-state index is 3.93. The van der Waals surface area contributed by atoms with Crippen molar-refractivity contribution in [2.75, 3.05) is 13.6 Å². The van der Waals surface area contributed by atoms with E-state index in [0.717, 1.165) is 12.5 Å². The maximum Gasteiger partial charge on any atom is 0.0809 e. The highest BCUT2D eigenvalue weighted by atomic mass is 15.1. The molecule has 2 heteroatoms. The lowest BCUT2D eigenvalue weighted by atomic mass is 10.2. The van der Waals surface area contributed by atoms with E-state index in [1.165, 1.54) is 12.0 Å². The Hall–Kier alpha value is -0.660. The summed E-state index contributed by atoms with van der Waals surface area (Å²) in [7, 11) is 1.72. The Morgan fingerprint density at radius 3 is 2.70 bits per heavy atom. The van der Waals surface area contributed by atoms with Gasteiger partial charge < -0.3 is 0 Å². The first-order valence-electron chi connectivity index (χ1n) is 3.69. The second-order valence-corrected chi connectivity index (χ2v) is 2.91. The van der Waals surface area contributed by atoms with Gasteiger partial charge in [-0.15, -0.1) is 0 Å². The average Bonchev–Trinajstić information content (AvgIpc) is 2.62. The first-order valence-corrected chi connectivity index (χ1v) is 3.69. The topological polar surface area (TPSA) is 24.7 Å². The average molecular weight is 138 g/mol. The molecule has 0 heterocycles. The molecule has 1 rings (SSSR count). The van der Waals surface area contributed by atoms with E-state index in [2.05, 4.69) is 24.1 Å². The molecule has 0 radical (unpaired) electrons. The molecule has 1 saturated carbocycles. The number of rotatable bonds is 2. The zero-order valence-electron chi connectivity index (χ0n) is 6.89. The van der Waals surface area contributed by atoms with Crippen molar-refractivity contribution in [1.29, 1.82) is 0 Å². The molecule has 10 heavy (non-hydrogen) atoms. The van der Waals surface area contributed by atoms with Crippen LogP contribution in [0.5, 0.6) is 0 Å². The van der Waals surface area contributed by atoms with E-state index in [1.807, 2.05) is 0 Å². The molecule has 2 nitrogen and oxygen atoms in total. The first-order chi connectivity index (χ1) is 4.75. The Kier molecular flexibility index (Phi) is 2.20. The van der Waals surface area contributed by atoms with Crippen molar-refractivity contribution in [2.24, 2.45) is 16.1 Å². The molecule has 0 aliphatic heterocycles. The molecule has 0 aromatic heterocycles. The van der Waals surface area contributed by atoms with Crippen molar-refractivity contribution in [2.45, 2.75) is 20.3 Å². The molecule has 1 aliphatic carbocycles. The summed E-state index contributed by atoms with van der Waals surface area (Å²) in [6, 6.07) is 0. The van der Waals surface area contributed by atoms with Gasteiger partial charge in [-0.05, 0) is 19.3 Å². The fourth-order valence-electron chi connectivity index (χ4n) is 1.14. The minimum atomic E-state index is 0.802. The minimum Gasteiger partial charge on any atom is -0.197 e. The molecular weight excluding hydrogens is 124 g/mol. The Labute approximate surface area is 62.0 Å². The highest BCUT2D eigenvalue weighted by Crippen LogP contribution is 2.39. The van der Waals surface area contributed by atoms with Gasteiger partial charge in [-0.2, -0.15) is 10.2 Å². The largest absolute Gasteiger partial charge is 0.197 e. The third kappa shape index (κ3) is 1.66. The first kappa shape index (κ1) is 7.45. The Morgan fingerprint density at radius 1 is 1.70 bits per heavy atom. The van der Waals surface area contributed by atoms with Crippen LogP contribution in [-0.2, 0) is 0 Å². The van der Waals surface area contributed by atoms with Crippen LogP contribution in [0.15, 0.2) is 21.4 Å². The summed E-state index contributed by atoms with van der Waals surface area (Å²) in [5, 5.41) is 7.64. The predicted molar refractivity (Wildman–Crippen MR) is 42.1 cm³/mol. The van der Waals surface area contributed by atoms with Crippen LogP contribution < -0.4 is 0 Å². The molecule has 1 unspecified atom stereocenters. The van der Waals surface area contributed by atoms with Crippen LogP contribution in [0.1, 0.15) is 20.3 Å². The van der Waals surface area contributed by atoms with Crippen LogP contribution in [-0.4, -0.2) is 13.6 Å². The molecule has 1 fully saturated rings. The zero-order chi connectivity index (χ0) is 7.56. The van der Waals surface area contributed by atoms with Crippen LogP contribution in [0.3, 0.4) is 0 Å². The van der Waals surface area contributed by atoms with E-state index in [4.69, 9.17) is 0 Å². The van der Waals surface area contributed by atoms with Crippen LogP contribution in [0.25, 0.3) is 0 Å². The van der Waals surface area contributed by atoms with Crippen molar-refractivity contribution in [3.8, 4) is 0 Å². The van der Waals surface area contributed by atoms with Gasteiger partial charge >= 0.3 is 0 Å². The third-order valence-electron chi connectivity index (χ3n) is 1.96. The lowest BCUT2D eigenvalue weighted by molar-refractivity contribution is 0.967. The van der Waals surface area contributed by atoms with Crippen LogP contribution >= 0.6 is 0 Å². The van der Waals surface area contributed by atoms with Crippen LogP contribution in [0, 0.1) is 5.92 Å². The summed E-state index contributed by atoms with van der Waals surface area (Å²) in [6.45, 7) is 5.20. The van der Waals surface area contributed by atoms with Gasteiger partial charge in [0.1, 0.15) is 0 Å². The van der Waals surface area contributed by atoms with E-state index >= 15 is 0 Å². The third-order valence-corrected chi connectivity index (χ3v) is 1.96. The summed E-state index contributed by atoms with van der Waals surface area (Å²) in [4.78, 5) is 0. The lowest BCUT2D eigenvalue weighted by Crippen LogP contribution is -1.81. The predicted octanol–water partition coefficient (Wildman–Crippen LogP) is 2.42. The second kappa shape index (κ2) is 2.95. The number of hydrogen-bond donors (Lipinski definition) is 0. The normalized spacial score (nSPS) is 29.3. The van der Waals surface area contributed by atoms with Crippen molar-refractivity contribution in [3.63, 3.8) is 0 Å². The summed E-state index contributed by atoms with van der Waals surface area (Å²) >= 11 is 0. The van der Waals surface area contributed by atoms with Crippen molar-refractivity contribution < 1.29 is 0 Å². The fourth-order valence-corrected chi connectivity index (χ4v) is 1.14. The van der Waals surface area contributed by atoms with Gasteiger partial charge in [-0.3, -0.25) is 0 Å². The van der Waals surface area contributed by atoms with Gasteiger partial charge in [0.15, 0.2) is 0 Å². The van der Waals surface area contributed by atoms with Crippen LogP contribution in [0.2, 0.25) is 0 Å². The molecule has 0 N–H and O–H groups in total. The van der Waals surface area contributed by atoms with Gasteiger partial charge in [0.2, 0.25) is 0 Å². The number of azo groups is 1. The molecule has 0 amide bonds. The fraction of sp³-hybridized carbons (Fsp3) is 0.750. The SMILES string of the molecule is CN=NC/C(C)=C1\CC1C. The molecule has 56 valence electrons. The standard InChI is InChI=1S/C8H14N2/c1-6-4-8(6)7(2)5-10-9-3/h6H,4-5H2,1-3H3/b8-7+,10-9?. The molecule has 0 spiro atoms. The van der Waals surface area contributed by atoms with E-state index in [1.54, 1.807) is 12.6 Å². The van der Waals surface area contributed by atoms with E-state index in [0.29, 0.717) is 0 Å². The molecule has 0 saturated heterocycles. The van der Waals surface area contributed by atoms with Crippen molar-refractivity contribution >= 4 is 0 Å². The molecule has 0 bridgehead atoms. The highest BCUT2D eigenvalue weighted by molar-refractivity contribution is 5.28. The molecule has 0 aromatic carbocycles. The molecule has 1 aliphatic rings. The molecule has 1 atom stereocenters. The van der Waals surface area contributed by atoms with Gasteiger partial charge in [0.25, 0.3) is 0 Å². The van der Waals surface area contributed by atoms with E-state index < -0.39 is 0 Å². The monoisotopic (exact) mass is 138 g/mol. The minimum absolute atomic E-state index is 0.802. The molecule has 0 aromatic rings. The number of nitrogens with zero attached hydrogens (tertiary/aromatic N) is 2. The number of allylic oxidation sites excluding steroid dienone is 1. The summed E-state index contributed by atoms with van der Waals surface area (Å²) < 4.78 is 0. The Morgan fingerprint density at radius 2 is 2.30 bits per heavy atom. The van der Waals surface area contributed by atoms with Gasteiger partial charge in [-0.25, -0.2) is 0 Å². The number of hydrogen-bond acceptors (Lipinski definition) is 2. The van der Waals surface area contributed by atoms with Gasteiger partial charge in [0.05, 0.1) is 6.54 Å². The van der Waals surface area contributed by atoms with Crippen molar-refractivity contribution in [1.82, 2.24) is 0 Å².